The van der Waals surface area contributed by atoms with Crippen molar-refractivity contribution in [1.29, 1.82) is 0 Å². The average molecular weight is 300 g/mol. The molecule has 1 saturated carbocycles. The smallest absolute Gasteiger partial charge is 0.345 e. The van der Waals surface area contributed by atoms with E-state index in [1.807, 2.05) is 0 Å². The highest BCUT2D eigenvalue weighted by Crippen LogP contribution is 2.30. The number of nitrogens with one attached hydrogen (secondary N) is 1. The summed E-state index contributed by atoms with van der Waals surface area (Å²) in [5.41, 5.74) is 4.83. The number of nitrogens with two attached hydrogens (primary N) is 1. The lowest BCUT2D eigenvalue weighted by atomic mass is 9.81. The first-order valence-electron chi connectivity index (χ1n) is 7.06. The largest absolute Gasteiger partial charge is 0.416 e. The highest BCUT2D eigenvalue weighted by Gasteiger charge is 2.33. The van der Waals surface area contributed by atoms with E-state index in [0.717, 1.165) is 44.2 Å². The van der Waals surface area contributed by atoms with Crippen LogP contribution in [0.1, 0.15) is 48.0 Å². The third kappa shape index (κ3) is 3.75. The lowest BCUT2D eigenvalue weighted by Crippen LogP contribution is -2.54. The van der Waals surface area contributed by atoms with E-state index in [1.54, 1.807) is 0 Å². The summed E-state index contributed by atoms with van der Waals surface area (Å²) in [6.45, 7) is 0.347. The third-order valence-corrected chi connectivity index (χ3v) is 4.05. The Labute approximate surface area is 121 Å². The zero-order valence-electron chi connectivity index (χ0n) is 11.7. The van der Waals surface area contributed by atoms with E-state index < -0.39 is 17.3 Å². The van der Waals surface area contributed by atoms with Gasteiger partial charge in [-0.1, -0.05) is 19.3 Å². The molecule has 1 aliphatic rings. The highest BCUT2D eigenvalue weighted by molar-refractivity contribution is 5.94. The van der Waals surface area contributed by atoms with Crippen LogP contribution in [-0.4, -0.2) is 18.0 Å². The van der Waals surface area contributed by atoms with Crippen LogP contribution in [0.15, 0.2) is 24.3 Å². The molecular weight excluding hydrogens is 281 g/mol. The fraction of sp³-hybridized carbons (Fsp3) is 0.533. The number of rotatable bonds is 3. The van der Waals surface area contributed by atoms with E-state index in [4.69, 9.17) is 5.73 Å². The summed E-state index contributed by atoms with van der Waals surface area (Å²) in [5.74, 6) is -0.365. The van der Waals surface area contributed by atoms with Gasteiger partial charge in [0, 0.05) is 12.1 Å². The number of hydrogen-bond donors (Lipinski definition) is 2. The summed E-state index contributed by atoms with van der Waals surface area (Å²) in [6, 6.07) is 4.24. The number of halogens is 3. The maximum atomic E-state index is 12.5. The minimum Gasteiger partial charge on any atom is -0.345 e. The minimum absolute atomic E-state index is 0.224. The van der Waals surface area contributed by atoms with Crippen LogP contribution in [-0.2, 0) is 6.18 Å². The predicted octanol–water partition coefficient (Wildman–Crippen LogP) is 3.10. The van der Waals surface area contributed by atoms with E-state index in [1.165, 1.54) is 12.1 Å². The van der Waals surface area contributed by atoms with Crippen LogP contribution in [0, 0.1) is 0 Å². The Morgan fingerprint density at radius 2 is 1.71 bits per heavy atom. The van der Waals surface area contributed by atoms with Crippen molar-refractivity contribution in [1.82, 2.24) is 5.32 Å². The third-order valence-electron chi connectivity index (χ3n) is 4.05. The first-order chi connectivity index (χ1) is 9.86. The molecule has 1 aromatic carbocycles. The lowest BCUT2D eigenvalue weighted by molar-refractivity contribution is -0.137. The normalized spacial score (nSPS) is 18.3. The van der Waals surface area contributed by atoms with Crippen LogP contribution < -0.4 is 11.1 Å². The molecule has 0 atom stereocenters. The van der Waals surface area contributed by atoms with Crippen molar-refractivity contribution in [3.8, 4) is 0 Å². The zero-order valence-corrected chi connectivity index (χ0v) is 11.7. The predicted molar refractivity (Wildman–Crippen MR) is 73.8 cm³/mol. The Hall–Kier alpha value is -1.56. The fourth-order valence-corrected chi connectivity index (χ4v) is 2.73. The summed E-state index contributed by atoms with van der Waals surface area (Å²) in [6.07, 6.45) is 0.371. The van der Waals surface area contributed by atoms with Gasteiger partial charge in [-0.05, 0) is 37.1 Å². The number of benzene rings is 1. The molecule has 0 bridgehead atoms. The van der Waals surface area contributed by atoms with Crippen LogP contribution in [0.5, 0.6) is 0 Å². The first-order valence-corrected chi connectivity index (χ1v) is 7.06. The topological polar surface area (TPSA) is 55.1 Å². The molecule has 0 aliphatic heterocycles. The molecule has 0 saturated heterocycles. The molecule has 3 N–H and O–H groups in total. The molecule has 0 unspecified atom stereocenters. The van der Waals surface area contributed by atoms with Gasteiger partial charge in [0.25, 0.3) is 5.91 Å². The van der Waals surface area contributed by atoms with E-state index in [0.29, 0.717) is 6.54 Å². The average Bonchev–Trinajstić information content (AvgIpc) is 2.47. The maximum Gasteiger partial charge on any atom is 0.416 e. The summed E-state index contributed by atoms with van der Waals surface area (Å²) < 4.78 is 37.5. The number of hydrogen-bond acceptors (Lipinski definition) is 2. The summed E-state index contributed by atoms with van der Waals surface area (Å²) >= 11 is 0. The molecule has 2 rings (SSSR count). The monoisotopic (exact) mass is 300 g/mol. The molecule has 21 heavy (non-hydrogen) atoms. The number of carbonyl (C=O) groups excluding carboxylic acids is 1. The molecule has 3 nitrogen and oxygen atoms in total. The SMILES string of the molecule is NCC1(NC(=O)c2ccc(C(F)(F)F)cc2)CCCCC1. The molecule has 6 heteroatoms. The van der Waals surface area contributed by atoms with Crippen molar-refractivity contribution in [2.75, 3.05) is 6.54 Å². The van der Waals surface area contributed by atoms with E-state index in [-0.39, 0.29) is 11.5 Å². The van der Waals surface area contributed by atoms with Crippen molar-refractivity contribution >= 4 is 5.91 Å². The lowest BCUT2D eigenvalue weighted by Gasteiger charge is -2.37. The van der Waals surface area contributed by atoms with Gasteiger partial charge in [0.1, 0.15) is 0 Å². The van der Waals surface area contributed by atoms with Crippen molar-refractivity contribution < 1.29 is 18.0 Å². The molecule has 0 aromatic heterocycles. The second-order valence-corrected chi connectivity index (χ2v) is 5.57. The fourth-order valence-electron chi connectivity index (χ4n) is 2.73. The maximum absolute atomic E-state index is 12.5. The van der Waals surface area contributed by atoms with Gasteiger partial charge in [-0.15, -0.1) is 0 Å². The Bertz CT molecular complexity index is 491. The quantitative estimate of drug-likeness (QED) is 0.901. The minimum atomic E-state index is -4.39. The summed E-state index contributed by atoms with van der Waals surface area (Å²) in [5, 5.41) is 2.91. The van der Waals surface area contributed by atoms with Gasteiger partial charge in [0.2, 0.25) is 0 Å². The number of amides is 1. The molecular formula is C15H19F3N2O. The van der Waals surface area contributed by atoms with Crippen LogP contribution in [0.4, 0.5) is 13.2 Å². The number of alkyl halides is 3. The first kappa shape index (κ1) is 15.8. The van der Waals surface area contributed by atoms with Crippen molar-refractivity contribution in [3.63, 3.8) is 0 Å². The molecule has 0 radical (unpaired) electrons. The van der Waals surface area contributed by atoms with Gasteiger partial charge in [-0.3, -0.25) is 4.79 Å². The van der Waals surface area contributed by atoms with Gasteiger partial charge in [-0.2, -0.15) is 13.2 Å². The van der Waals surface area contributed by atoms with Crippen LogP contribution >= 0.6 is 0 Å². The summed E-state index contributed by atoms with van der Waals surface area (Å²) in [7, 11) is 0. The van der Waals surface area contributed by atoms with E-state index >= 15 is 0 Å². The van der Waals surface area contributed by atoms with Crippen LogP contribution in [0.3, 0.4) is 0 Å². The Balaban J connectivity index is 2.09. The molecule has 1 fully saturated rings. The number of carbonyl (C=O) groups is 1. The Morgan fingerprint density at radius 3 is 2.19 bits per heavy atom. The molecule has 116 valence electrons. The molecule has 0 spiro atoms. The molecule has 1 aliphatic carbocycles. The molecule has 1 amide bonds. The van der Waals surface area contributed by atoms with E-state index in [9.17, 15) is 18.0 Å². The summed E-state index contributed by atoms with van der Waals surface area (Å²) in [4.78, 5) is 12.2. The van der Waals surface area contributed by atoms with Gasteiger partial charge >= 0.3 is 6.18 Å². The Morgan fingerprint density at radius 1 is 1.14 bits per heavy atom. The zero-order chi connectivity index (χ0) is 15.5. The van der Waals surface area contributed by atoms with Crippen molar-refractivity contribution in [2.45, 2.75) is 43.8 Å². The van der Waals surface area contributed by atoms with Crippen LogP contribution in [0.2, 0.25) is 0 Å². The standard InChI is InChI=1S/C15H19F3N2O/c16-15(17,18)12-6-4-11(5-7-12)13(21)20-14(10-19)8-2-1-3-9-14/h4-7H,1-3,8-10,19H2,(H,20,21). The van der Waals surface area contributed by atoms with Gasteiger partial charge in [0.05, 0.1) is 11.1 Å². The second kappa shape index (κ2) is 6.05. The van der Waals surface area contributed by atoms with Crippen molar-refractivity contribution in [3.05, 3.63) is 35.4 Å². The second-order valence-electron chi connectivity index (χ2n) is 5.57. The van der Waals surface area contributed by atoms with Gasteiger partial charge in [0.15, 0.2) is 0 Å². The van der Waals surface area contributed by atoms with E-state index in [2.05, 4.69) is 5.32 Å². The Kier molecular flexibility index (Phi) is 4.56. The van der Waals surface area contributed by atoms with Gasteiger partial charge in [-0.25, -0.2) is 0 Å². The van der Waals surface area contributed by atoms with Crippen LogP contribution in [0.25, 0.3) is 0 Å². The molecule has 0 heterocycles. The molecule has 1 aromatic rings. The highest BCUT2D eigenvalue weighted by atomic mass is 19.4. The van der Waals surface area contributed by atoms with Gasteiger partial charge < -0.3 is 11.1 Å². The van der Waals surface area contributed by atoms with Crippen molar-refractivity contribution in [2.24, 2.45) is 5.73 Å².